The zero-order valence-corrected chi connectivity index (χ0v) is 16.8. The summed E-state index contributed by atoms with van der Waals surface area (Å²) < 4.78 is 1.76. The van der Waals surface area contributed by atoms with Crippen LogP contribution in [0.15, 0.2) is 36.2 Å². The molecule has 0 bridgehead atoms. The topological polar surface area (TPSA) is 76.8 Å². The summed E-state index contributed by atoms with van der Waals surface area (Å²) in [5.41, 5.74) is 1.96. The lowest BCUT2D eigenvalue weighted by molar-refractivity contribution is -0.132. The van der Waals surface area contributed by atoms with Crippen LogP contribution in [0, 0.1) is 6.92 Å². The standard InChI is InChI=1S/C20H24N6OS/c1-15-11-17(18-6-4-10-28-18)24-20(23-15)16-5-2-8-25(12-16)19(27)7-3-9-26-14-21-13-22-26/h4,6,10-11,13-14,16H,2-3,5,7-9,12H2,1H3/t16-/m0/s1. The first-order chi connectivity index (χ1) is 13.7. The number of carbonyl (C=O) groups excluding carboxylic acids is 1. The first kappa shape index (κ1) is 18.7. The van der Waals surface area contributed by atoms with Crippen molar-refractivity contribution < 1.29 is 4.79 Å². The minimum absolute atomic E-state index is 0.201. The summed E-state index contributed by atoms with van der Waals surface area (Å²) in [6, 6.07) is 6.16. The van der Waals surface area contributed by atoms with Gasteiger partial charge in [-0.1, -0.05) is 6.07 Å². The van der Waals surface area contributed by atoms with Crippen molar-refractivity contribution in [2.75, 3.05) is 13.1 Å². The van der Waals surface area contributed by atoms with Crippen molar-refractivity contribution in [3.8, 4) is 10.6 Å². The predicted octanol–water partition coefficient (Wildman–Crippen LogP) is 3.29. The first-order valence-corrected chi connectivity index (χ1v) is 10.6. The Morgan fingerprint density at radius 1 is 1.36 bits per heavy atom. The Hall–Kier alpha value is -2.61. The van der Waals surface area contributed by atoms with Gasteiger partial charge in [-0.05, 0) is 43.7 Å². The van der Waals surface area contributed by atoms with Gasteiger partial charge in [0, 0.05) is 37.7 Å². The summed E-state index contributed by atoms with van der Waals surface area (Å²) in [5.74, 6) is 1.27. The van der Waals surface area contributed by atoms with E-state index < -0.39 is 0 Å². The van der Waals surface area contributed by atoms with Crippen LogP contribution in [-0.4, -0.2) is 48.6 Å². The van der Waals surface area contributed by atoms with E-state index in [1.54, 1.807) is 22.3 Å². The lowest BCUT2D eigenvalue weighted by atomic mass is 9.96. The van der Waals surface area contributed by atoms with E-state index in [1.807, 2.05) is 24.0 Å². The van der Waals surface area contributed by atoms with Crippen LogP contribution in [0.2, 0.25) is 0 Å². The number of likely N-dealkylation sites (tertiary alicyclic amines) is 1. The number of piperidine rings is 1. The molecule has 28 heavy (non-hydrogen) atoms. The van der Waals surface area contributed by atoms with Gasteiger partial charge in [0.15, 0.2) is 0 Å². The highest BCUT2D eigenvalue weighted by Gasteiger charge is 2.26. The molecular weight excluding hydrogens is 372 g/mol. The lowest BCUT2D eigenvalue weighted by Gasteiger charge is -2.32. The van der Waals surface area contributed by atoms with Gasteiger partial charge >= 0.3 is 0 Å². The van der Waals surface area contributed by atoms with E-state index >= 15 is 0 Å². The molecule has 1 aliphatic rings. The monoisotopic (exact) mass is 396 g/mol. The Morgan fingerprint density at radius 3 is 3.07 bits per heavy atom. The Kier molecular flexibility index (Phi) is 5.76. The summed E-state index contributed by atoms with van der Waals surface area (Å²) in [6.07, 6.45) is 6.51. The summed E-state index contributed by atoms with van der Waals surface area (Å²) >= 11 is 1.69. The second-order valence-corrected chi connectivity index (χ2v) is 8.12. The minimum Gasteiger partial charge on any atom is -0.342 e. The molecule has 0 aromatic carbocycles. The zero-order chi connectivity index (χ0) is 19.3. The van der Waals surface area contributed by atoms with Gasteiger partial charge in [0.2, 0.25) is 5.91 Å². The molecule has 0 unspecified atom stereocenters. The van der Waals surface area contributed by atoms with Gasteiger partial charge in [0.05, 0.1) is 10.6 Å². The third kappa shape index (κ3) is 4.44. The Morgan fingerprint density at radius 2 is 2.29 bits per heavy atom. The zero-order valence-electron chi connectivity index (χ0n) is 16.0. The molecule has 1 fully saturated rings. The molecule has 0 saturated carbocycles. The van der Waals surface area contributed by atoms with Gasteiger partial charge in [0.25, 0.3) is 0 Å². The second-order valence-electron chi connectivity index (χ2n) is 7.17. The summed E-state index contributed by atoms with van der Waals surface area (Å²) in [4.78, 5) is 29.3. The number of nitrogens with zero attached hydrogens (tertiary/aromatic N) is 6. The van der Waals surface area contributed by atoms with Crippen LogP contribution in [0.5, 0.6) is 0 Å². The molecule has 1 atom stereocenters. The van der Waals surface area contributed by atoms with Gasteiger partial charge < -0.3 is 4.90 Å². The number of hydrogen-bond donors (Lipinski definition) is 0. The van der Waals surface area contributed by atoms with E-state index in [0.29, 0.717) is 19.5 Å². The molecule has 0 N–H and O–H groups in total. The Balaban J connectivity index is 1.40. The minimum atomic E-state index is 0.201. The van der Waals surface area contributed by atoms with Crippen LogP contribution in [0.1, 0.15) is 43.1 Å². The van der Waals surface area contributed by atoms with Crippen molar-refractivity contribution in [1.29, 1.82) is 0 Å². The van der Waals surface area contributed by atoms with E-state index in [9.17, 15) is 4.79 Å². The molecule has 4 heterocycles. The lowest BCUT2D eigenvalue weighted by Crippen LogP contribution is -2.39. The Labute approximate surface area is 168 Å². The van der Waals surface area contributed by atoms with E-state index in [0.717, 1.165) is 47.9 Å². The fraction of sp³-hybridized carbons (Fsp3) is 0.450. The Bertz CT molecular complexity index is 909. The van der Waals surface area contributed by atoms with Gasteiger partial charge in [-0.3, -0.25) is 9.48 Å². The van der Waals surface area contributed by atoms with E-state index in [-0.39, 0.29) is 11.8 Å². The summed E-state index contributed by atoms with van der Waals surface area (Å²) in [5, 5.41) is 6.14. The number of aromatic nitrogens is 5. The summed E-state index contributed by atoms with van der Waals surface area (Å²) in [6.45, 7) is 4.25. The molecule has 0 spiro atoms. The van der Waals surface area contributed by atoms with E-state index in [1.165, 1.54) is 6.33 Å². The van der Waals surface area contributed by atoms with Crippen molar-refractivity contribution in [3.63, 3.8) is 0 Å². The number of rotatable bonds is 6. The number of amides is 1. The van der Waals surface area contributed by atoms with Crippen LogP contribution in [0.3, 0.4) is 0 Å². The predicted molar refractivity (Wildman–Crippen MR) is 108 cm³/mol. The average molecular weight is 397 g/mol. The van der Waals surface area contributed by atoms with E-state index in [2.05, 4.69) is 21.5 Å². The first-order valence-electron chi connectivity index (χ1n) is 9.68. The van der Waals surface area contributed by atoms with Crippen LogP contribution < -0.4 is 0 Å². The van der Waals surface area contributed by atoms with Crippen molar-refractivity contribution in [2.24, 2.45) is 0 Å². The average Bonchev–Trinajstić information content (AvgIpc) is 3.42. The highest BCUT2D eigenvalue weighted by atomic mass is 32.1. The molecule has 3 aromatic heterocycles. The smallest absolute Gasteiger partial charge is 0.222 e. The molecular formula is C20H24N6OS. The van der Waals surface area contributed by atoms with Gasteiger partial charge in [-0.2, -0.15) is 5.10 Å². The molecule has 3 aromatic rings. The van der Waals surface area contributed by atoms with Crippen molar-refractivity contribution >= 4 is 17.2 Å². The molecule has 4 rings (SSSR count). The molecule has 1 amide bonds. The third-order valence-electron chi connectivity index (χ3n) is 5.03. The number of carbonyl (C=O) groups is 1. The van der Waals surface area contributed by atoms with Crippen LogP contribution in [0.4, 0.5) is 0 Å². The molecule has 8 heteroatoms. The quantitative estimate of drug-likeness (QED) is 0.639. The van der Waals surface area contributed by atoms with Crippen molar-refractivity contribution in [3.05, 3.63) is 47.8 Å². The summed E-state index contributed by atoms with van der Waals surface area (Å²) in [7, 11) is 0. The van der Waals surface area contributed by atoms with Crippen LogP contribution in [0.25, 0.3) is 10.6 Å². The van der Waals surface area contributed by atoms with Crippen LogP contribution in [-0.2, 0) is 11.3 Å². The van der Waals surface area contributed by atoms with Gasteiger partial charge in [0.1, 0.15) is 18.5 Å². The molecule has 1 saturated heterocycles. The maximum Gasteiger partial charge on any atom is 0.222 e. The van der Waals surface area contributed by atoms with Crippen LogP contribution >= 0.6 is 11.3 Å². The molecule has 146 valence electrons. The molecule has 7 nitrogen and oxygen atoms in total. The second kappa shape index (κ2) is 8.60. The SMILES string of the molecule is Cc1cc(-c2cccs2)nc([C@H]2CCCN(C(=O)CCCn3cncn3)C2)n1. The number of thiophene rings is 1. The van der Waals surface area contributed by atoms with E-state index in [4.69, 9.17) is 9.97 Å². The highest BCUT2D eigenvalue weighted by molar-refractivity contribution is 7.13. The van der Waals surface area contributed by atoms with Gasteiger partial charge in [-0.25, -0.2) is 15.0 Å². The maximum absolute atomic E-state index is 12.7. The fourth-order valence-electron chi connectivity index (χ4n) is 3.64. The largest absolute Gasteiger partial charge is 0.342 e. The highest BCUT2D eigenvalue weighted by Crippen LogP contribution is 2.29. The fourth-order valence-corrected chi connectivity index (χ4v) is 4.32. The maximum atomic E-state index is 12.7. The normalized spacial score (nSPS) is 17.0. The number of aryl methyl sites for hydroxylation is 2. The third-order valence-corrected chi connectivity index (χ3v) is 5.92. The molecule has 1 aliphatic heterocycles. The van der Waals surface area contributed by atoms with Crippen molar-refractivity contribution in [1.82, 2.24) is 29.6 Å². The molecule has 0 radical (unpaired) electrons. The van der Waals surface area contributed by atoms with Gasteiger partial charge in [-0.15, -0.1) is 11.3 Å². The molecule has 0 aliphatic carbocycles. The number of hydrogen-bond acceptors (Lipinski definition) is 6. The van der Waals surface area contributed by atoms with Crippen molar-refractivity contribution in [2.45, 2.75) is 45.1 Å².